The zero-order valence-electron chi connectivity index (χ0n) is 21.9. The number of amides is 1. The molecule has 0 saturated heterocycles. The number of sulfonamides is 1. The van der Waals surface area contributed by atoms with Gasteiger partial charge in [-0.05, 0) is 69.0 Å². The predicted molar refractivity (Wildman–Crippen MR) is 146 cm³/mol. The van der Waals surface area contributed by atoms with Crippen molar-refractivity contribution in [3.63, 3.8) is 0 Å². The summed E-state index contributed by atoms with van der Waals surface area (Å²) in [5, 5.41) is 13.0. The number of nitrogens with one attached hydrogen (secondary N) is 1. The zero-order chi connectivity index (χ0) is 26.7. The van der Waals surface area contributed by atoms with Crippen LogP contribution < -0.4 is 16.0 Å². The monoisotopic (exact) mass is 518 g/mol. The van der Waals surface area contributed by atoms with E-state index in [-0.39, 0.29) is 35.9 Å². The Balaban J connectivity index is 1.92. The van der Waals surface area contributed by atoms with Crippen LogP contribution in [0.1, 0.15) is 47.0 Å². The third kappa shape index (κ3) is 8.80. The summed E-state index contributed by atoms with van der Waals surface area (Å²) in [5.41, 5.74) is 7.21. The number of carbonyl (C=O) groups is 1. The highest BCUT2D eigenvalue weighted by molar-refractivity contribution is 7.89. The molecule has 0 fully saturated rings. The Labute approximate surface area is 216 Å². The fourth-order valence-corrected chi connectivity index (χ4v) is 5.85. The topological polar surface area (TPSA) is 116 Å². The van der Waals surface area contributed by atoms with E-state index in [0.717, 1.165) is 5.69 Å². The van der Waals surface area contributed by atoms with Gasteiger partial charge in [0.2, 0.25) is 15.9 Å². The van der Waals surface area contributed by atoms with Crippen LogP contribution in [0.4, 0.5) is 11.4 Å². The second-order valence-electron chi connectivity index (χ2n) is 9.78. The number of aliphatic hydroxyl groups excluding tert-OH is 1. The van der Waals surface area contributed by atoms with E-state index in [1.54, 1.807) is 12.1 Å². The molecular formula is C27H42N4O4S. The minimum Gasteiger partial charge on any atom is -0.399 e. The van der Waals surface area contributed by atoms with Gasteiger partial charge in [0.05, 0.1) is 18.0 Å². The Hall–Kier alpha value is -2.62. The normalized spacial score (nSPS) is 12.8. The van der Waals surface area contributed by atoms with Gasteiger partial charge in [0.1, 0.15) is 0 Å². The summed E-state index contributed by atoms with van der Waals surface area (Å²) in [6.07, 6.45) is 1.85. The molecule has 0 aliphatic carbocycles. The lowest BCUT2D eigenvalue weighted by Gasteiger charge is -2.31. The smallest absolute Gasteiger partial charge is 0.243 e. The lowest BCUT2D eigenvalue weighted by molar-refractivity contribution is -0.119. The SMILES string of the molecule is CC(C)CN([C@H](CO)CCCCNC(=O)CN(c1ccccc1)C(C)C)S(=O)(=O)c1ccc(N)cc1. The first-order valence-corrected chi connectivity index (χ1v) is 14.1. The fourth-order valence-electron chi connectivity index (χ4n) is 4.04. The molecule has 0 aliphatic heterocycles. The third-order valence-electron chi connectivity index (χ3n) is 5.96. The molecule has 1 amide bonds. The first-order valence-electron chi connectivity index (χ1n) is 12.6. The number of aliphatic hydroxyl groups is 1. The average molecular weight is 519 g/mol. The molecule has 36 heavy (non-hydrogen) atoms. The van der Waals surface area contributed by atoms with E-state index in [4.69, 9.17) is 5.73 Å². The van der Waals surface area contributed by atoms with E-state index in [1.165, 1.54) is 16.4 Å². The van der Waals surface area contributed by atoms with Gasteiger partial charge < -0.3 is 21.1 Å². The molecule has 2 aromatic rings. The fraction of sp³-hybridized carbons (Fsp3) is 0.519. The highest BCUT2D eigenvalue weighted by Gasteiger charge is 2.31. The molecule has 0 unspecified atom stereocenters. The van der Waals surface area contributed by atoms with Crippen LogP contribution in [0.5, 0.6) is 0 Å². The number of unbranched alkanes of at least 4 members (excludes halogenated alkanes) is 1. The third-order valence-corrected chi connectivity index (χ3v) is 7.89. The molecule has 2 aromatic carbocycles. The lowest BCUT2D eigenvalue weighted by atomic mass is 10.1. The van der Waals surface area contributed by atoms with Crippen LogP contribution in [0.2, 0.25) is 0 Å². The summed E-state index contributed by atoms with van der Waals surface area (Å²) < 4.78 is 28.1. The summed E-state index contributed by atoms with van der Waals surface area (Å²) >= 11 is 0. The maximum Gasteiger partial charge on any atom is 0.243 e. The molecule has 0 aromatic heterocycles. The van der Waals surface area contributed by atoms with E-state index in [2.05, 4.69) is 19.2 Å². The Morgan fingerprint density at radius 3 is 2.19 bits per heavy atom. The lowest BCUT2D eigenvalue weighted by Crippen LogP contribution is -2.44. The van der Waals surface area contributed by atoms with Crippen LogP contribution in [0.15, 0.2) is 59.5 Å². The van der Waals surface area contributed by atoms with Gasteiger partial charge in [-0.25, -0.2) is 8.42 Å². The van der Waals surface area contributed by atoms with Crippen molar-refractivity contribution in [1.29, 1.82) is 0 Å². The molecule has 8 nitrogen and oxygen atoms in total. The molecule has 0 saturated carbocycles. The van der Waals surface area contributed by atoms with Crippen LogP contribution in [0, 0.1) is 5.92 Å². The van der Waals surface area contributed by atoms with Gasteiger partial charge in [0.25, 0.3) is 0 Å². The van der Waals surface area contributed by atoms with Gasteiger partial charge in [-0.3, -0.25) is 4.79 Å². The van der Waals surface area contributed by atoms with Crippen molar-refractivity contribution in [2.75, 3.05) is 36.9 Å². The van der Waals surface area contributed by atoms with Crippen LogP contribution in [-0.4, -0.2) is 62.1 Å². The van der Waals surface area contributed by atoms with Gasteiger partial charge in [0.15, 0.2) is 0 Å². The molecule has 0 heterocycles. The van der Waals surface area contributed by atoms with Gasteiger partial charge in [-0.15, -0.1) is 0 Å². The largest absolute Gasteiger partial charge is 0.399 e. The number of hydrogen-bond donors (Lipinski definition) is 3. The Morgan fingerprint density at radius 2 is 1.64 bits per heavy atom. The van der Waals surface area contributed by atoms with Crippen molar-refractivity contribution in [1.82, 2.24) is 9.62 Å². The number of para-hydroxylation sites is 1. The second-order valence-corrected chi connectivity index (χ2v) is 11.7. The Kier molecular flexibility index (Phi) is 11.7. The molecule has 0 aliphatic rings. The number of hydrogen-bond acceptors (Lipinski definition) is 6. The maximum atomic E-state index is 13.3. The Morgan fingerprint density at radius 1 is 1.00 bits per heavy atom. The average Bonchev–Trinajstić information content (AvgIpc) is 2.84. The molecule has 0 radical (unpaired) electrons. The number of nitrogens with two attached hydrogens (primary N) is 1. The van der Waals surface area contributed by atoms with Gasteiger partial charge >= 0.3 is 0 Å². The first kappa shape index (κ1) is 29.6. The Bertz CT molecular complexity index is 1030. The molecule has 0 spiro atoms. The van der Waals surface area contributed by atoms with Gasteiger partial charge in [-0.1, -0.05) is 38.5 Å². The highest BCUT2D eigenvalue weighted by atomic mass is 32.2. The molecule has 4 N–H and O–H groups in total. The van der Waals surface area contributed by atoms with E-state index < -0.39 is 16.1 Å². The van der Waals surface area contributed by atoms with Crippen molar-refractivity contribution in [2.45, 2.75) is 63.9 Å². The van der Waals surface area contributed by atoms with Crippen LogP contribution >= 0.6 is 0 Å². The number of benzene rings is 2. The molecule has 0 bridgehead atoms. The van der Waals surface area contributed by atoms with E-state index >= 15 is 0 Å². The van der Waals surface area contributed by atoms with E-state index in [0.29, 0.717) is 38.0 Å². The van der Waals surface area contributed by atoms with Crippen LogP contribution in [0.3, 0.4) is 0 Å². The molecule has 9 heteroatoms. The predicted octanol–water partition coefficient (Wildman–Crippen LogP) is 3.48. The number of nitrogens with zero attached hydrogens (tertiary/aromatic N) is 2. The summed E-state index contributed by atoms with van der Waals surface area (Å²) in [4.78, 5) is 14.7. The minimum absolute atomic E-state index is 0.0568. The summed E-state index contributed by atoms with van der Waals surface area (Å²) in [7, 11) is -3.79. The number of carbonyl (C=O) groups excluding carboxylic acids is 1. The number of anilines is 2. The standard InChI is InChI=1S/C27H42N4O4S/c1-21(2)18-31(36(34,35)26-15-13-23(28)14-16-26)25(20-32)12-8-9-17-29-27(33)19-30(22(3)4)24-10-6-5-7-11-24/h5-7,10-11,13-16,21-22,25,32H,8-9,12,17-20,28H2,1-4H3,(H,29,33)/t25-/m0/s1. The van der Waals surface area contributed by atoms with Crippen molar-refractivity contribution in [2.24, 2.45) is 5.92 Å². The summed E-state index contributed by atoms with van der Waals surface area (Å²) in [6, 6.07) is 15.6. The minimum atomic E-state index is -3.79. The van der Waals surface area contributed by atoms with E-state index in [1.807, 2.05) is 49.1 Å². The molecular weight excluding hydrogens is 476 g/mol. The quantitative estimate of drug-likeness (QED) is 0.246. The first-order chi connectivity index (χ1) is 17.1. The van der Waals surface area contributed by atoms with Crippen LogP contribution in [-0.2, 0) is 14.8 Å². The van der Waals surface area contributed by atoms with Crippen LogP contribution in [0.25, 0.3) is 0 Å². The summed E-state index contributed by atoms with van der Waals surface area (Å²) in [5.74, 6) is 0.0361. The van der Waals surface area contributed by atoms with Gasteiger partial charge in [-0.2, -0.15) is 4.31 Å². The second kappa shape index (κ2) is 14.2. The van der Waals surface area contributed by atoms with Crippen molar-refractivity contribution in [3.05, 3.63) is 54.6 Å². The van der Waals surface area contributed by atoms with Crippen molar-refractivity contribution < 1.29 is 18.3 Å². The molecule has 2 rings (SSSR count). The molecule has 200 valence electrons. The maximum absolute atomic E-state index is 13.3. The number of rotatable bonds is 15. The van der Waals surface area contributed by atoms with Crippen molar-refractivity contribution >= 4 is 27.3 Å². The number of nitrogen functional groups attached to an aromatic ring is 1. The zero-order valence-corrected chi connectivity index (χ0v) is 22.7. The van der Waals surface area contributed by atoms with E-state index in [9.17, 15) is 18.3 Å². The summed E-state index contributed by atoms with van der Waals surface area (Å²) in [6.45, 7) is 8.80. The van der Waals surface area contributed by atoms with Gasteiger partial charge in [0, 0.05) is 36.5 Å². The van der Waals surface area contributed by atoms with Crippen molar-refractivity contribution in [3.8, 4) is 0 Å². The molecule has 1 atom stereocenters. The highest BCUT2D eigenvalue weighted by Crippen LogP contribution is 2.23.